The van der Waals surface area contributed by atoms with Gasteiger partial charge in [0.15, 0.2) is 0 Å². The second-order valence-corrected chi connectivity index (χ2v) is 7.98. The van der Waals surface area contributed by atoms with Crippen LogP contribution in [0.2, 0.25) is 0 Å². The molecule has 2 aromatic heterocycles. The Morgan fingerprint density at radius 3 is 2.55 bits per heavy atom. The zero-order valence-electron chi connectivity index (χ0n) is 15.7. The molecule has 2 aliphatic carbocycles. The van der Waals surface area contributed by atoms with Crippen molar-refractivity contribution < 1.29 is 19.2 Å². The predicted octanol–water partition coefficient (Wildman–Crippen LogP) is 1.76. The molecule has 0 radical (unpaired) electrons. The zero-order chi connectivity index (χ0) is 20.0. The van der Waals surface area contributed by atoms with E-state index in [4.69, 9.17) is 4.52 Å². The van der Waals surface area contributed by atoms with Crippen LogP contribution in [0.4, 0.5) is 0 Å². The van der Waals surface area contributed by atoms with Crippen molar-refractivity contribution in [2.75, 3.05) is 13.1 Å². The van der Waals surface area contributed by atoms with E-state index < -0.39 is 17.8 Å². The Balaban J connectivity index is 1.24. The van der Waals surface area contributed by atoms with Gasteiger partial charge in [-0.25, -0.2) is 4.98 Å². The number of fused-ring (bicyclic) bond motifs is 2. The smallest absolute Gasteiger partial charge is 0.307 e. The fourth-order valence-corrected chi connectivity index (χ4v) is 4.97. The SMILES string of the molecule is O=C(O)C1C2C=CC(C2)C1C(=O)N1CCC(c2nc(-c3cnccn3)no2)CC1. The molecule has 4 unspecified atom stereocenters. The van der Waals surface area contributed by atoms with Gasteiger partial charge in [-0.05, 0) is 31.1 Å². The van der Waals surface area contributed by atoms with Crippen molar-refractivity contribution in [3.63, 3.8) is 0 Å². The molecule has 3 heterocycles. The number of carboxylic acids is 1. The molecule has 2 aromatic rings. The average molecular weight is 395 g/mol. The lowest BCUT2D eigenvalue weighted by molar-refractivity contribution is -0.151. The second-order valence-electron chi connectivity index (χ2n) is 7.98. The van der Waals surface area contributed by atoms with Crippen LogP contribution < -0.4 is 0 Å². The van der Waals surface area contributed by atoms with Gasteiger partial charge in [-0.2, -0.15) is 4.98 Å². The van der Waals surface area contributed by atoms with Gasteiger partial charge in [0.05, 0.1) is 18.0 Å². The summed E-state index contributed by atoms with van der Waals surface area (Å²) in [6.07, 6.45) is 10.9. The van der Waals surface area contributed by atoms with E-state index in [2.05, 4.69) is 20.1 Å². The first-order valence-electron chi connectivity index (χ1n) is 9.91. The Hall–Kier alpha value is -3.10. The Labute approximate surface area is 166 Å². The number of amides is 1. The minimum absolute atomic E-state index is 0.0121. The fraction of sp³-hybridized carbons (Fsp3) is 0.500. The Morgan fingerprint density at radius 2 is 1.86 bits per heavy atom. The highest BCUT2D eigenvalue weighted by Crippen LogP contribution is 2.49. The van der Waals surface area contributed by atoms with Crippen LogP contribution in [-0.2, 0) is 9.59 Å². The van der Waals surface area contributed by atoms with Gasteiger partial charge in [0, 0.05) is 31.4 Å². The Bertz CT molecular complexity index is 951. The quantitative estimate of drug-likeness (QED) is 0.777. The molecule has 5 rings (SSSR count). The monoisotopic (exact) mass is 395 g/mol. The van der Waals surface area contributed by atoms with Crippen molar-refractivity contribution in [2.24, 2.45) is 23.7 Å². The van der Waals surface area contributed by atoms with E-state index in [1.54, 1.807) is 18.6 Å². The molecular weight excluding hydrogens is 374 g/mol. The molecule has 1 amide bonds. The maximum Gasteiger partial charge on any atom is 0.307 e. The van der Waals surface area contributed by atoms with Crippen LogP contribution in [0.1, 0.15) is 31.1 Å². The highest BCUT2D eigenvalue weighted by molar-refractivity contribution is 5.87. The van der Waals surface area contributed by atoms with E-state index in [9.17, 15) is 14.7 Å². The lowest BCUT2D eigenvalue weighted by atomic mass is 9.81. The molecule has 3 aliphatic rings. The van der Waals surface area contributed by atoms with Crippen molar-refractivity contribution in [2.45, 2.75) is 25.2 Å². The number of allylic oxidation sites excluding steroid dienone is 2. The van der Waals surface area contributed by atoms with Crippen LogP contribution in [0.3, 0.4) is 0 Å². The number of rotatable bonds is 4. The molecule has 1 saturated carbocycles. The largest absolute Gasteiger partial charge is 0.481 e. The summed E-state index contributed by atoms with van der Waals surface area (Å²) < 4.78 is 5.42. The average Bonchev–Trinajstić information content (AvgIpc) is 3.49. The van der Waals surface area contributed by atoms with E-state index in [0.717, 1.165) is 6.42 Å². The molecule has 0 aromatic carbocycles. The molecule has 150 valence electrons. The number of nitrogens with zero attached hydrogens (tertiary/aromatic N) is 5. The zero-order valence-corrected chi connectivity index (χ0v) is 15.7. The van der Waals surface area contributed by atoms with E-state index in [0.29, 0.717) is 43.3 Å². The Morgan fingerprint density at radius 1 is 1.10 bits per heavy atom. The summed E-state index contributed by atoms with van der Waals surface area (Å²) in [6, 6.07) is 0. The van der Waals surface area contributed by atoms with Crippen LogP contribution in [0, 0.1) is 23.7 Å². The molecule has 2 fully saturated rings. The highest BCUT2D eigenvalue weighted by atomic mass is 16.5. The third-order valence-corrected chi connectivity index (χ3v) is 6.42. The molecule has 4 atom stereocenters. The molecule has 2 bridgehead atoms. The van der Waals surface area contributed by atoms with E-state index in [1.165, 1.54) is 0 Å². The van der Waals surface area contributed by atoms with Gasteiger partial charge in [0.2, 0.25) is 17.6 Å². The van der Waals surface area contributed by atoms with Crippen LogP contribution >= 0.6 is 0 Å². The molecule has 1 N–H and O–H groups in total. The molecule has 1 saturated heterocycles. The lowest BCUT2D eigenvalue weighted by Crippen LogP contribution is -2.45. The molecular formula is C20H21N5O4. The van der Waals surface area contributed by atoms with E-state index in [1.807, 2.05) is 17.1 Å². The first-order valence-corrected chi connectivity index (χ1v) is 9.91. The van der Waals surface area contributed by atoms with Crippen LogP contribution in [0.25, 0.3) is 11.5 Å². The van der Waals surface area contributed by atoms with Crippen molar-refractivity contribution in [3.8, 4) is 11.5 Å². The third-order valence-electron chi connectivity index (χ3n) is 6.42. The number of likely N-dealkylation sites (tertiary alicyclic amines) is 1. The third kappa shape index (κ3) is 3.10. The summed E-state index contributed by atoms with van der Waals surface area (Å²) in [7, 11) is 0. The summed E-state index contributed by atoms with van der Waals surface area (Å²) >= 11 is 0. The highest BCUT2D eigenvalue weighted by Gasteiger charge is 2.52. The molecule has 0 spiro atoms. The number of hydrogen-bond acceptors (Lipinski definition) is 7. The number of hydrogen-bond donors (Lipinski definition) is 1. The number of carbonyl (C=O) groups excluding carboxylic acids is 1. The maximum atomic E-state index is 13.1. The topological polar surface area (TPSA) is 122 Å². The van der Waals surface area contributed by atoms with Crippen molar-refractivity contribution in [1.29, 1.82) is 0 Å². The fourth-order valence-electron chi connectivity index (χ4n) is 4.97. The molecule has 1 aliphatic heterocycles. The second kappa shape index (κ2) is 7.06. The van der Waals surface area contributed by atoms with Gasteiger partial charge in [-0.1, -0.05) is 17.3 Å². The van der Waals surface area contributed by atoms with Crippen LogP contribution in [-0.4, -0.2) is 55.1 Å². The standard InChI is InChI=1S/C20H21N5O4/c26-19(15-12-1-2-13(9-12)16(15)20(27)28)25-7-3-11(4-8-25)18-23-17(24-29-18)14-10-21-5-6-22-14/h1-2,5-6,10-13,15-16H,3-4,7-9H2,(H,27,28). The summed E-state index contributed by atoms with van der Waals surface area (Å²) in [6.45, 7) is 1.13. The summed E-state index contributed by atoms with van der Waals surface area (Å²) in [5.74, 6) is -0.859. The number of carbonyl (C=O) groups is 2. The molecule has 9 heteroatoms. The molecule has 29 heavy (non-hydrogen) atoms. The number of carboxylic acid groups (broad SMARTS) is 1. The van der Waals surface area contributed by atoms with Gasteiger partial charge in [-0.3, -0.25) is 14.6 Å². The number of aromatic nitrogens is 4. The van der Waals surface area contributed by atoms with Gasteiger partial charge in [0.1, 0.15) is 5.69 Å². The first-order chi connectivity index (χ1) is 14.1. The number of piperidine rings is 1. The first kappa shape index (κ1) is 18.0. The van der Waals surface area contributed by atoms with E-state index in [-0.39, 0.29) is 23.7 Å². The minimum atomic E-state index is -0.863. The van der Waals surface area contributed by atoms with Gasteiger partial charge in [0.25, 0.3) is 0 Å². The summed E-state index contributed by atoms with van der Waals surface area (Å²) in [4.78, 5) is 39.2. The van der Waals surface area contributed by atoms with Crippen molar-refractivity contribution >= 4 is 11.9 Å². The van der Waals surface area contributed by atoms with Crippen LogP contribution in [0.5, 0.6) is 0 Å². The van der Waals surface area contributed by atoms with Crippen LogP contribution in [0.15, 0.2) is 35.3 Å². The van der Waals surface area contributed by atoms with Gasteiger partial charge < -0.3 is 14.5 Å². The van der Waals surface area contributed by atoms with Gasteiger partial charge >= 0.3 is 5.97 Å². The summed E-state index contributed by atoms with van der Waals surface area (Å²) in [5.41, 5.74) is 0.555. The lowest BCUT2D eigenvalue weighted by Gasteiger charge is -2.35. The van der Waals surface area contributed by atoms with E-state index >= 15 is 0 Å². The molecule has 9 nitrogen and oxygen atoms in total. The number of aliphatic carboxylic acids is 1. The van der Waals surface area contributed by atoms with Crippen molar-refractivity contribution in [3.05, 3.63) is 36.6 Å². The van der Waals surface area contributed by atoms with Crippen molar-refractivity contribution in [1.82, 2.24) is 25.0 Å². The maximum absolute atomic E-state index is 13.1. The van der Waals surface area contributed by atoms with Gasteiger partial charge in [-0.15, -0.1) is 0 Å². The Kier molecular flexibility index (Phi) is 4.37. The summed E-state index contributed by atoms with van der Waals surface area (Å²) in [5, 5.41) is 13.6. The minimum Gasteiger partial charge on any atom is -0.481 e. The normalized spacial score (nSPS) is 28.8. The predicted molar refractivity (Wildman–Crippen MR) is 99.2 cm³/mol.